The molecule has 2 aromatic heterocycles. The number of esters is 1. The molecule has 2 amide bonds. The minimum absolute atomic E-state index is 0.0256. The summed E-state index contributed by atoms with van der Waals surface area (Å²) in [7, 11) is 1.64. The van der Waals surface area contributed by atoms with Gasteiger partial charge in [0, 0.05) is 64.6 Å². The second kappa shape index (κ2) is 20.1. The highest BCUT2D eigenvalue weighted by molar-refractivity contribution is 7.82. The molecule has 4 rings (SSSR count). The highest BCUT2D eigenvalue weighted by atomic mass is 32.2. The number of nitrogens with zero attached hydrogens (tertiary/aromatic N) is 3. The lowest BCUT2D eigenvalue weighted by Gasteiger charge is -2.30. The maximum atomic E-state index is 14.1. The smallest absolute Gasteiger partial charge is 0.312 e. The molecule has 1 aromatic carbocycles. The third-order valence-electron chi connectivity index (χ3n) is 8.75. The fourth-order valence-corrected chi connectivity index (χ4v) is 7.39. The summed E-state index contributed by atoms with van der Waals surface area (Å²) in [4.78, 5) is 37.0. The quantitative estimate of drug-likeness (QED) is 0.0975. The van der Waals surface area contributed by atoms with Crippen molar-refractivity contribution in [2.24, 2.45) is 0 Å². The number of hydrogen-bond donors (Lipinski definition) is 2. The van der Waals surface area contributed by atoms with E-state index in [4.69, 9.17) is 14.2 Å². The van der Waals surface area contributed by atoms with Crippen molar-refractivity contribution in [1.82, 2.24) is 24.6 Å². The van der Waals surface area contributed by atoms with E-state index in [-0.39, 0.29) is 31.1 Å². The zero-order valence-corrected chi connectivity index (χ0v) is 29.9. The van der Waals surface area contributed by atoms with Crippen molar-refractivity contribution in [3.63, 3.8) is 0 Å². The summed E-state index contributed by atoms with van der Waals surface area (Å²) in [6.07, 6.45) is 13.9. The molecule has 1 aliphatic rings. The number of nitrogens with one attached hydrogen (secondary N) is 2. The molecule has 1 saturated heterocycles. The first-order valence-corrected chi connectivity index (χ1v) is 18.4. The van der Waals surface area contributed by atoms with Crippen LogP contribution < -0.4 is 10.6 Å². The van der Waals surface area contributed by atoms with Crippen LogP contribution in [-0.2, 0) is 41.2 Å². The van der Waals surface area contributed by atoms with Gasteiger partial charge in [-0.3, -0.25) is 14.4 Å². The number of hydrogen-bond acceptors (Lipinski definition) is 8. The molecule has 1 fully saturated rings. The molecule has 3 aromatic rings. The zero-order chi connectivity index (χ0) is 35.0. The van der Waals surface area contributed by atoms with Gasteiger partial charge in [0.1, 0.15) is 11.0 Å². The molecular weight excluding hydrogens is 646 g/mol. The van der Waals surface area contributed by atoms with Crippen LogP contribution in [0, 0.1) is 0 Å². The molecule has 1 atom stereocenters. The van der Waals surface area contributed by atoms with Crippen molar-refractivity contribution in [3.8, 4) is 11.1 Å². The third-order valence-corrected chi connectivity index (χ3v) is 10.3. The number of unbranched alkanes of at least 4 members (excludes halogenated alkanes) is 7. The fourth-order valence-electron chi connectivity index (χ4n) is 5.96. The first-order chi connectivity index (χ1) is 23.8. The molecule has 2 N–H and O–H groups in total. The minimum Gasteiger partial charge on any atom is -0.438 e. The fraction of sp³-hybridized carbons (Fsp3) is 0.556. The predicted octanol–water partition coefficient (Wildman–Crippen LogP) is 4.81. The van der Waals surface area contributed by atoms with Gasteiger partial charge in [-0.1, -0.05) is 44.6 Å². The summed E-state index contributed by atoms with van der Waals surface area (Å²) in [6.45, 7) is 3.99. The topological polar surface area (TPSA) is 141 Å². The maximum Gasteiger partial charge on any atom is 0.312 e. The molecule has 0 bridgehead atoms. The van der Waals surface area contributed by atoms with Crippen LogP contribution in [0.25, 0.3) is 16.6 Å². The number of pyridine rings is 1. The molecular formula is C36H51N5O7S. The van der Waals surface area contributed by atoms with Crippen molar-refractivity contribution in [2.75, 3.05) is 47.2 Å². The van der Waals surface area contributed by atoms with E-state index in [1.807, 2.05) is 22.5 Å². The maximum absolute atomic E-state index is 14.1. The number of aromatic nitrogens is 2. The van der Waals surface area contributed by atoms with Gasteiger partial charge in [0.25, 0.3) is 5.91 Å². The number of amides is 2. The molecule has 0 saturated carbocycles. The predicted molar refractivity (Wildman–Crippen MR) is 188 cm³/mol. The van der Waals surface area contributed by atoms with Crippen LogP contribution >= 0.6 is 0 Å². The van der Waals surface area contributed by atoms with Crippen LogP contribution in [0.3, 0.4) is 0 Å². The number of rotatable bonds is 20. The van der Waals surface area contributed by atoms with Crippen LogP contribution in [0.1, 0.15) is 87.1 Å². The molecule has 12 nitrogen and oxygen atoms in total. The Morgan fingerprint density at radius 1 is 0.918 bits per heavy atom. The van der Waals surface area contributed by atoms with Gasteiger partial charge in [-0.05, 0) is 61.1 Å². The third kappa shape index (κ3) is 11.7. The number of piperidine rings is 1. The van der Waals surface area contributed by atoms with Crippen molar-refractivity contribution in [1.29, 1.82) is 0 Å². The zero-order valence-electron chi connectivity index (χ0n) is 29.0. The number of carbonyl (C=O) groups is 3. The molecule has 13 heteroatoms. The lowest BCUT2D eigenvalue weighted by Crippen LogP contribution is -2.38. The molecule has 49 heavy (non-hydrogen) atoms. The van der Waals surface area contributed by atoms with Crippen LogP contribution in [0.15, 0.2) is 47.6 Å². The molecule has 1 unspecified atom stereocenters. The second-order valence-electron chi connectivity index (χ2n) is 12.4. The standard InChI is InChI=1S/C36H51N5O7S/c1-27(42)37-17-10-8-6-4-5-7-9-11-18-38-36(44)29-12-13-32(34(23-29)49(45)40-19-15-31(47-3)16-20-40)28-14-21-41-33(22-28)30(25-39-41)24-35(43)48-26-46-2/h12-14,21-23,25,31H,4-11,15-20,24,26H2,1-3H3,(H,37,42)(H,38,44). The minimum atomic E-state index is -1.52. The summed E-state index contributed by atoms with van der Waals surface area (Å²) >= 11 is 0. The summed E-state index contributed by atoms with van der Waals surface area (Å²) in [5, 5.41) is 10.3. The summed E-state index contributed by atoms with van der Waals surface area (Å²) < 4.78 is 33.2. The van der Waals surface area contributed by atoms with E-state index in [1.165, 1.54) is 20.0 Å². The Labute approximate surface area is 291 Å². The van der Waals surface area contributed by atoms with Gasteiger partial charge in [-0.25, -0.2) is 13.0 Å². The Balaban J connectivity index is 1.41. The first-order valence-electron chi connectivity index (χ1n) is 17.3. The number of methoxy groups -OCH3 is 2. The second-order valence-corrected chi connectivity index (χ2v) is 13.9. The van der Waals surface area contributed by atoms with Gasteiger partial charge >= 0.3 is 5.97 Å². The summed E-state index contributed by atoms with van der Waals surface area (Å²) in [5.74, 6) is -0.590. The molecule has 0 aliphatic carbocycles. The van der Waals surface area contributed by atoms with E-state index in [0.717, 1.165) is 74.6 Å². The monoisotopic (exact) mass is 697 g/mol. The Morgan fingerprint density at radius 2 is 1.59 bits per heavy atom. The molecule has 3 heterocycles. The van der Waals surface area contributed by atoms with Crippen LogP contribution in [0.5, 0.6) is 0 Å². The molecule has 268 valence electrons. The highest BCUT2D eigenvalue weighted by Gasteiger charge is 2.26. The van der Waals surface area contributed by atoms with Crippen LogP contribution in [0.2, 0.25) is 0 Å². The van der Waals surface area contributed by atoms with E-state index in [2.05, 4.69) is 15.7 Å². The Morgan fingerprint density at radius 3 is 2.24 bits per heavy atom. The van der Waals surface area contributed by atoms with Gasteiger partial charge in [-0.15, -0.1) is 0 Å². The number of benzene rings is 1. The van der Waals surface area contributed by atoms with Crippen molar-refractivity contribution >= 4 is 34.3 Å². The van der Waals surface area contributed by atoms with E-state index in [1.54, 1.807) is 43.1 Å². The SMILES string of the molecule is COCOC(=O)Cc1cnn2ccc(-c3ccc(C(=O)NCCCCCCCCCCNC(C)=O)cc3S(=O)N3CCC(OC)CC3)cc12. The molecule has 1 aliphatic heterocycles. The Kier molecular flexibility index (Phi) is 15.7. The number of ether oxygens (including phenoxy) is 3. The van der Waals surface area contributed by atoms with Gasteiger partial charge < -0.3 is 24.8 Å². The van der Waals surface area contributed by atoms with E-state index in [9.17, 15) is 18.6 Å². The summed E-state index contributed by atoms with van der Waals surface area (Å²) in [5.41, 5.74) is 3.44. The van der Waals surface area contributed by atoms with Crippen LogP contribution in [-0.4, -0.2) is 89.2 Å². The average Bonchev–Trinajstić information content (AvgIpc) is 3.51. The van der Waals surface area contributed by atoms with E-state index < -0.39 is 17.0 Å². The first kappa shape index (κ1) is 38.2. The van der Waals surface area contributed by atoms with Gasteiger partial charge in [0.15, 0.2) is 6.79 Å². The van der Waals surface area contributed by atoms with Crippen molar-refractivity contribution in [2.45, 2.75) is 88.6 Å². The summed E-state index contributed by atoms with van der Waals surface area (Å²) in [6, 6.07) is 9.20. The van der Waals surface area contributed by atoms with Crippen molar-refractivity contribution in [3.05, 3.63) is 53.9 Å². The largest absolute Gasteiger partial charge is 0.438 e. The molecule has 0 radical (unpaired) electrons. The Hall–Kier alpha value is -3.65. The van der Waals surface area contributed by atoms with E-state index in [0.29, 0.717) is 35.7 Å². The normalized spacial score (nSPS) is 14.5. The van der Waals surface area contributed by atoms with Gasteiger partial charge in [0.2, 0.25) is 5.91 Å². The lowest BCUT2D eigenvalue weighted by molar-refractivity contribution is -0.153. The number of fused-ring (bicyclic) bond motifs is 1. The molecule has 0 spiro atoms. The number of carbonyl (C=O) groups excluding carboxylic acids is 3. The van der Waals surface area contributed by atoms with Gasteiger partial charge in [-0.2, -0.15) is 5.10 Å². The lowest BCUT2D eigenvalue weighted by atomic mass is 10.0. The van der Waals surface area contributed by atoms with Crippen molar-refractivity contribution < 1.29 is 32.8 Å². The van der Waals surface area contributed by atoms with E-state index >= 15 is 0 Å². The Bertz CT molecular complexity index is 1550. The average molecular weight is 698 g/mol. The van der Waals surface area contributed by atoms with Crippen LogP contribution in [0.4, 0.5) is 0 Å². The van der Waals surface area contributed by atoms with Gasteiger partial charge in [0.05, 0.1) is 29.1 Å². The highest BCUT2D eigenvalue weighted by Crippen LogP contribution is 2.31.